The first-order valence-corrected chi connectivity index (χ1v) is 10.8. The van der Waals surface area contributed by atoms with Gasteiger partial charge in [0, 0.05) is 34.5 Å². The highest BCUT2D eigenvalue weighted by atomic mass is 32.1. The Morgan fingerprint density at radius 2 is 2.03 bits per heavy atom. The number of aromatic nitrogens is 2. The summed E-state index contributed by atoms with van der Waals surface area (Å²) >= 11 is 1.40. The molecular formula is C23H19N3O5S. The molecule has 0 unspecified atom stereocenters. The molecule has 0 saturated heterocycles. The number of nitrogens with one attached hydrogen (secondary N) is 1. The zero-order chi connectivity index (χ0) is 22.2. The highest BCUT2D eigenvalue weighted by Gasteiger charge is 2.19. The van der Waals surface area contributed by atoms with Crippen molar-refractivity contribution in [2.24, 2.45) is 0 Å². The standard InChI is InChI=1S/C23H19N3O5S/c1-13-8-21(27)26-18(11-32-23(26)24-13)15-4-3-5-16(9-15)25-22(28)14(2)31-17-6-7-19-20(10-17)30-12-29-19/h3-11,14H,12H2,1-2H3,(H,25,28)/t14-/m1/s1. The van der Waals surface area contributed by atoms with Crippen molar-refractivity contribution in [3.05, 3.63) is 70.0 Å². The van der Waals surface area contributed by atoms with Crippen LogP contribution in [0.3, 0.4) is 0 Å². The summed E-state index contributed by atoms with van der Waals surface area (Å²) in [6, 6.07) is 14.0. The minimum atomic E-state index is -0.740. The molecule has 2 aromatic heterocycles. The number of thiazole rings is 1. The molecule has 9 heteroatoms. The number of fused-ring (bicyclic) bond motifs is 2. The van der Waals surface area contributed by atoms with Crippen LogP contribution in [-0.4, -0.2) is 28.2 Å². The van der Waals surface area contributed by atoms with E-state index in [4.69, 9.17) is 14.2 Å². The molecule has 4 aromatic rings. The molecule has 0 radical (unpaired) electrons. The fraction of sp³-hybridized carbons (Fsp3) is 0.174. The quantitative estimate of drug-likeness (QED) is 0.497. The second kappa shape index (κ2) is 8.01. The predicted octanol–water partition coefficient (Wildman–Crippen LogP) is 3.87. The first-order chi connectivity index (χ1) is 15.5. The van der Waals surface area contributed by atoms with Crippen LogP contribution >= 0.6 is 11.3 Å². The van der Waals surface area contributed by atoms with Crippen molar-refractivity contribution in [2.45, 2.75) is 20.0 Å². The molecule has 5 rings (SSSR count). The van der Waals surface area contributed by atoms with Gasteiger partial charge in [-0.15, -0.1) is 11.3 Å². The van der Waals surface area contributed by atoms with Crippen LogP contribution in [0.15, 0.2) is 58.7 Å². The smallest absolute Gasteiger partial charge is 0.265 e. The van der Waals surface area contributed by atoms with Crippen LogP contribution in [0.5, 0.6) is 17.2 Å². The van der Waals surface area contributed by atoms with Crippen LogP contribution in [0.1, 0.15) is 12.6 Å². The second-order valence-corrected chi connectivity index (χ2v) is 8.16. The molecule has 162 valence electrons. The third-order valence-electron chi connectivity index (χ3n) is 4.98. The Morgan fingerprint density at radius 1 is 1.19 bits per heavy atom. The first kappa shape index (κ1) is 20.1. The minimum Gasteiger partial charge on any atom is -0.481 e. The summed E-state index contributed by atoms with van der Waals surface area (Å²) in [7, 11) is 0. The van der Waals surface area contributed by atoms with Gasteiger partial charge in [0.05, 0.1) is 5.69 Å². The molecule has 0 spiro atoms. The van der Waals surface area contributed by atoms with Crippen LogP contribution in [0.4, 0.5) is 5.69 Å². The molecule has 32 heavy (non-hydrogen) atoms. The maximum Gasteiger partial charge on any atom is 0.265 e. The Labute approximate surface area is 187 Å². The normalized spacial score (nSPS) is 13.2. The van der Waals surface area contributed by atoms with Crippen molar-refractivity contribution in [1.29, 1.82) is 0 Å². The van der Waals surface area contributed by atoms with Gasteiger partial charge >= 0.3 is 0 Å². The van der Waals surface area contributed by atoms with Gasteiger partial charge in [-0.25, -0.2) is 4.98 Å². The van der Waals surface area contributed by atoms with Crippen LogP contribution in [-0.2, 0) is 4.79 Å². The van der Waals surface area contributed by atoms with Crippen molar-refractivity contribution in [2.75, 3.05) is 12.1 Å². The van der Waals surface area contributed by atoms with Gasteiger partial charge in [0.2, 0.25) is 6.79 Å². The molecule has 0 fully saturated rings. The Bertz CT molecular complexity index is 1390. The van der Waals surface area contributed by atoms with E-state index in [1.807, 2.05) is 23.6 Å². The van der Waals surface area contributed by atoms with Gasteiger partial charge in [0.25, 0.3) is 11.5 Å². The zero-order valence-electron chi connectivity index (χ0n) is 17.3. The van der Waals surface area contributed by atoms with Crippen LogP contribution < -0.4 is 25.1 Å². The maximum atomic E-state index is 12.7. The van der Waals surface area contributed by atoms with Crippen molar-refractivity contribution in [3.8, 4) is 28.5 Å². The molecule has 2 aromatic carbocycles. The molecule has 0 aliphatic carbocycles. The van der Waals surface area contributed by atoms with Gasteiger partial charge in [0.1, 0.15) is 5.75 Å². The summed E-state index contributed by atoms with van der Waals surface area (Å²) < 4.78 is 18.0. The SMILES string of the molecule is Cc1cc(=O)n2c(-c3cccc(NC(=O)[C@@H](C)Oc4ccc5c(c4)OCO5)c3)csc2n1. The Kier molecular flexibility index (Phi) is 5.02. The second-order valence-electron chi connectivity index (χ2n) is 7.32. The van der Waals surface area contributed by atoms with E-state index in [2.05, 4.69) is 10.3 Å². The minimum absolute atomic E-state index is 0.135. The average molecular weight is 449 g/mol. The number of aryl methyl sites for hydroxylation is 1. The number of carbonyl (C=O) groups excluding carboxylic acids is 1. The first-order valence-electron chi connectivity index (χ1n) is 9.93. The maximum absolute atomic E-state index is 12.7. The zero-order valence-corrected chi connectivity index (χ0v) is 18.1. The fourth-order valence-corrected chi connectivity index (χ4v) is 4.39. The summed E-state index contributed by atoms with van der Waals surface area (Å²) in [5.74, 6) is 1.45. The monoisotopic (exact) mass is 449 g/mol. The van der Waals surface area contributed by atoms with E-state index in [0.29, 0.717) is 33.6 Å². The Balaban J connectivity index is 1.34. The summed E-state index contributed by atoms with van der Waals surface area (Å²) in [5, 5.41) is 4.75. The van der Waals surface area contributed by atoms with Gasteiger partial charge in [-0.2, -0.15) is 0 Å². The average Bonchev–Trinajstić information content (AvgIpc) is 3.40. The highest BCUT2D eigenvalue weighted by Crippen LogP contribution is 2.35. The highest BCUT2D eigenvalue weighted by molar-refractivity contribution is 7.15. The van der Waals surface area contributed by atoms with E-state index in [0.717, 1.165) is 11.3 Å². The summed E-state index contributed by atoms with van der Waals surface area (Å²) in [4.78, 5) is 30.2. The van der Waals surface area contributed by atoms with Crippen LogP contribution in [0, 0.1) is 6.92 Å². The van der Waals surface area contributed by atoms with Gasteiger partial charge < -0.3 is 19.5 Å². The molecule has 3 heterocycles. The molecule has 1 atom stereocenters. The van der Waals surface area contributed by atoms with Gasteiger partial charge in [-0.3, -0.25) is 14.0 Å². The lowest BCUT2D eigenvalue weighted by molar-refractivity contribution is -0.122. The van der Waals surface area contributed by atoms with Crippen molar-refractivity contribution in [3.63, 3.8) is 0 Å². The molecule has 0 saturated carbocycles. The molecule has 8 nitrogen and oxygen atoms in total. The number of hydrogen-bond donors (Lipinski definition) is 1. The lowest BCUT2D eigenvalue weighted by Crippen LogP contribution is -2.30. The number of carbonyl (C=O) groups is 1. The number of anilines is 1. The fourth-order valence-electron chi connectivity index (χ4n) is 3.44. The lowest BCUT2D eigenvalue weighted by atomic mass is 10.1. The van der Waals surface area contributed by atoms with E-state index in [1.54, 1.807) is 42.5 Å². The van der Waals surface area contributed by atoms with E-state index >= 15 is 0 Å². The number of rotatable bonds is 5. The molecular weight excluding hydrogens is 430 g/mol. The number of ether oxygens (including phenoxy) is 3. The number of amides is 1. The van der Waals surface area contributed by atoms with Gasteiger partial charge in [0.15, 0.2) is 22.6 Å². The van der Waals surface area contributed by atoms with Crippen LogP contribution in [0.2, 0.25) is 0 Å². The number of hydrogen-bond acceptors (Lipinski definition) is 7. The van der Waals surface area contributed by atoms with E-state index in [-0.39, 0.29) is 18.3 Å². The van der Waals surface area contributed by atoms with E-state index in [9.17, 15) is 9.59 Å². The number of nitrogens with zero attached hydrogens (tertiary/aromatic N) is 2. The third-order valence-corrected chi connectivity index (χ3v) is 5.81. The van der Waals surface area contributed by atoms with Crippen molar-refractivity contribution < 1.29 is 19.0 Å². The van der Waals surface area contributed by atoms with E-state index in [1.165, 1.54) is 17.4 Å². The Morgan fingerprint density at radius 3 is 2.91 bits per heavy atom. The van der Waals surface area contributed by atoms with Crippen molar-refractivity contribution >= 4 is 27.9 Å². The molecule has 0 bridgehead atoms. The van der Waals surface area contributed by atoms with E-state index < -0.39 is 6.10 Å². The number of benzene rings is 2. The predicted molar refractivity (Wildman–Crippen MR) is 121 cm³/mol. The lowest BCUT2D eigenvalue weighted by Gasteiger charge is -2.15. The van der Waals surface area contributed by atoms with Gasteiger partial charge in [-0.05, 0) is 38.1 Å². The molecule has 1 aliphatic rings. The summed E-state index contributed by atoms with van der Waals surface area (Å²) in [6.07, 6.45) is -0.740. The summed E-state index contributed by atoms with van der Waals surface area (Å²) in [5.41, 5.74) is 2.67. The van der Waals surface area contributed by atoms with Crippen molar-refractivity contribution in [1.82, 2.24) is 9.38 Å². The topological polar surface area (TPSA) is 91.2 Å². The Hall–Kier alpha value is -3.85. The van der Waals surface area contributed by atoms with Gasteiger partial charge in [-0.1, -0.05) is 12.1 Å². The molecule has 1 N–H and O–H groups in total. The third kappa shape index (κ3) is 3.78. The molecule has 1 aliphatic heterocycles. The largest absolute Gasteiger partial charge is 0.481 e. The molecule has 1 amide bonds. The van der Waals surface area contributed by atoms with Crippen LogP contribution in [0.25, 0.3) is 16.2 Å². The summed E-state index contributed by atoms with van der Waals surface area (Å²) in [6.45, 7) is 3.64.